The number of benzene rings is 2. The predicted molar refractivity (Wildman–Crippen MR) is 98.1 cm³/mol. The Morgan fingerprint density at radius 1 is 1.11 bits per heavy atom. The highest BCUT2D eigenvalue weighted by Crippen LogP contribution is 2.36. The molecule has 2 aromatic carbocycles. The van der Waals surface area contributed by atoms with E-state index in [0.717, 1.165) is 17.2 Å². The number of nitrogens with zero attached hydrogens (tertiary/aromatic N) is 3. The Morgan fingerprint density at radius 3 is 2.67 bits per heavy atom. The molecular formula is C18H15ClF3N5. The average Bonchev–Trinajstić information content (AvgIpc) is 2.61. The molecule has 0 saturated heterocycles. The molecule has 3 aromatic rings. The van der Waals surface area contributed by atoms with Gasteiger partial charge in [0.25, 0.3) is 0 Å². The van der Waals surface area contributed by atoms with E-state index in [2.05, 4.69) is 25.8 Å². The van der Waals surface area contributed by atoms with Gasteiger partial charge in [-0.2, -0.15) is 23.3 Å². The molecule has 140 valence electrons. The summed E-state index contributed by atoms with van der Waals surface area (Å²) in [5.41, 5.74) is 1.43. The standard InChI is InChI=1S/C18H15ClF3N5/c1-11-3-2-4-12(7-11)9-23-16-10-24-27-17(26-16)25-13-5-6-15(19)14(8-13)18(20,21)22/h2-8,10H,9H2,1H3,(H2,23,25,26,27). The van der Waals surface area contributed by atoms with Gasteiger partial charge in [0.15, 0.2) is 5.82 Å². The zero-order valence-corrected chi connectivity index (χ0v) is 14.9. The highest BCUT2D eigenvalue weighted by atomic mass is 35.5. The van der Waals surface area contributed by atoms with Crippen LogP contribution < -0.4 is 10.6 Å². The fraction of sp³-hybridized carbons (Fsp3) is 0.167. The third-order valence-corrected chi connectivity index (χ3v) is 3.97. The van der Waals surface area contributed by atoms with Crippen molar-refractivity contribution in [1.29, 1.82) is 0 Å². The number of alkyl halides is 3. The summed E-state index contributed by atoms with van der Waals surface area (Å²) in [7, 11) is 0. The number of nitrogens with one attached hydrogen (secondary N) is 2. The predicted octanol–water partition coefficient (Wildman–Crippen LogP) is 5.21. The van der Waals surface area contributed by atoms with Crippen LogP contribution in [0.15, 0.2) is 48.7 Å². The second-order valence-corrected chi connectivity index (χ2v) is 6.23. The lowest BCUT2D eigenvalue weighted by Gasteiger charge is -2.12. The molecule has 2 N–H and O–H groups in total. The maximum atomic E-state index is 13.0. The van der Waals surface area contributed by atoms with Gasteiger partial charge in [0.1, 0.15) is 0 Å². The molecule has 0 unspecified atom stereocenters. The zero-order chi connectivity index (χ0) is 19.4. The summed E-state index contributed by atoms with van der Waals surface area (Å²) < 4.78 is 38.9. The fourth-order valence-corrected chi connectivity index (χ4v) is 2.63. The van der Waals surface area contributed by atoms with Crippen LogP contribution in [0, 0.1) is 6.92 Å². The van der Waals surface area contributed by atoms with Gasteiger partial charge in [0.05, 0.1) is 16.8 Å². The van der Waals surface area contributed by atoms with E-state index in [1.165, 1.54) is 18.3 Å². The highest BCUT2D eigenvalue weighted by molar-refractivity contribution is 6.31. The molecule has 0 aliphatic carbocycles. The van der Waals surface area contributed by atoms with Gasteiger partial charge >= 0.3 is 6.18 Å². The van der Waals surface area contributed by atoms with E-state index in [4.69, 9.17) is 11.6 Å². The number of anilines is 3. The molecule has 0 spiro atoms. The number of halogens is 4. The van der Waals surface area contributed by atoms with Gasteiger partial charge in [0.2, 0.25) is 5.95 Å². The van der Waals surface area contributed by atoms with Crippen molar-refractivity contribution in [3.05, 3.63) is 70.4 Å². The molecule has 1 aromatic heterocycles. The summed E-state index contributed by atoms with van der Waals surface area (Å²) >= 11 is 5.62. The minimum absolute atomic E-state index is 0.0692. The normalized spacial score (nSPS) is 11.3. The van der Waals surface area contributed by atoms with Crippen molar-refractivity contribution in [2.24, 2.45) is 0 Å². The van der Waals surface area contributed by atoms with Crippen molar-refractivity contribution >= 4 is 29.1 Å². The first-order valence-corrected chi connectivity index (χ1v) is 8.32. The van der Waals surface area contributed by atoms with E-state index in [9.17, 15) is 13.2 Å². The molecule has 0 aliphatic rings. The Labute approximate surface area is 158 Å². The lowest BCUT2D eigenvalue weighted by atomic mass is 10.1. The van der Waals surface area contributed by atoms with Gasteiger partial charge in [-0.1, -0.05) is 41.4 Å². The largest absolute Gasteiger partial charge is 0.417 e. The molecule has 0 saturated carbocycles. The van der Waals surface area contributed by atoms with Gasteiger partial charge in [-0.25, -0.2) is 0 Å². The fourth-order valence-electron chi connectivity index (χ4n) is 2.41. The topological polar surface area (TPSA) is 62.7 Å². The van der Waals surface area contributed by atoms with E-state index < -0.39 is 11.7 Å². The summed E-state index contributed by atoms with van der Waals surface area (Å²) in [6, 6.07) is 11.4. The molecule has 3 rings (SSSR count). The Balaban J connectivity index is 1.72. The van der Waals surface area contributed by atoms with Crippen molar-refractivity contribution in [1.82, 2.24) is 15.2 Å². The van der Waals surface area contributed by atoms with Gasteiger partial charge < -0.3 is 10.6 Å². The zero-order valence-electron chi connectivity index (χ0n) is 14.2. The van der Waals surface area contributed by atoms with Crippen LogP contribution in [0.25, 0.3) is 0 Å². The second-order valence-electron chi connectivity index (χ2n) is 5.83. The summed E-state index contributed by atoms with van der Waals surface area (Å²) in [6.45, 7) is 2.53. The number of hydrogen-bond acceptors (Lipinski definition) is 5. The smallest absolute Gasteiger partial charge is 0.365 e. The molecule has 0 bridgehead atoms. The number of aromatic nitrogens is 3. The molecular weight excluding hydrogens is 379 g/mol. The molecule has 5 nitrogen and oxygen atoms in total. The summed E-state index contributed by atoms with van der Waals surface area (Å²) in [6.07, 6.45) is -3.12. The minimum atomic E-state index is -4.55. The molecule has 9 heteroatoms. The maximum Gasteiger partial charge on any atom is 0.417 e. The van der Waals surface area contributed by atoms with E-state index in [-0.39, 0.29) is 16.7 Å². The summed E-state index contributed by atoms with van der Waals surface area (Å²) in [5.74, 6) is 0.513. The van der Waals surface area contributed by atoms with Gasteiger partial charge in [-0.05, 0) is 30.7 Å². The Morgan fingerprint density at radius 2 is 1.93 bits per heavy atom. The molecule has 0 atom stereocenters. The average molecular weight is 394 g/mol. The van der Waals surface area contributed by atoms with Crippen LogP contribution in [0.1, 0.15) is 16.7 Å². The number of hydrogen-bond donors (Lipinski definition) is 2. The van der Waals surface area contributed by atoms with Gasteiger partial charge in [0, 0.05) is 12.2 Å². The van der Waals surface area contributed by atoms with E-state index >= 15 is 0 Å². The molecule has 27 heavy (non-hydrogen) atoms. The lowest BCUT2D eigenvalue weighted by Crippen LogP contribution is -2.08. The maximum absolute atomic E-state index is 13.0. The summed E-state index contributed by atoms with van der Waals surface area (Å²) in [4.78, 5) is 4.21. The van der Waals surface area contributed by atoms with Crippen molar-refractivity contribution in [3.63, 3.8) is 0 Å². The van der Waals surface area contributed by atoms with Crippen molar-refractivity contribution < 1.29 is 13.2 Å². The van der Waals surface area contributed by atoms with Crippen molar-refractivity contribution in [3.8, 4) is 0 Å². The molecule has 0 fully saturated rings. The molecule has 0 amide bonds. The second kappa shape index (κ2) is 7.79. The van der Waals surface area contributed by atoms with Crippen LogP contribution in [0.4, 0.5) is 30.6 Å². The third-order valence-electron chi connectivity index (χ3n) is 3.64. The first-order chi connectivity index (χ1) is 12.8. The van der Waals surface area contributed by atoms with Gasteiger partial charge in [-0.3, -0.25) is 0 Å². The van der Waals surface area contributed by atoms with Crippen LogP contribution in [0.5, 0.6) is 0 Å². The quantitative estimate of drug-likeness (QED) is 0.623. The first kappa shape index (κ1) is 18.9. The minimum Gasteiger partial charge on any atom is -0.365 e. The highest BCUT2D eigenvalue weighted by Gasteiger charge is 2.33. The van der Waals surface area contributed by atoms with Crippen molar-refractivity contribution in [2.45, 2.75) is 19.6 Å². The van der Waals surface area contributed by atoms with E-state index in [0.29, 0.717) is 12.4 Å². The number of rotatable bonds is 5. The van der Waals surface area contributed by atoms with Crippen LogP contribution in [-0.2, 0) is 12.7 Å². The lowest BCUT2D eigenvalue weighted by molar-refractivity contribution is -0.137. The van der Waals surface area contributed by atoms with E-state index in [1.54, 1.807) is 0 Å². The first-order valence-electron chi connectivity index (χ1n) is 7.94. The van der Waals surface area contributed by atoms with Crippen molar-refractivity contribution in [2.75, 3.05) is 10.6 Å². The van der Waals surface area contributed by atoms with E-state index in [1.807, 2.05) is 31.2 Å². The van der Waals surface area contributed by atoms with Crippen LogP contribution in [0.3, 0.4) is 0 Å². The Bertz CT molecular complexity index is 946. The molecule has 0 radical (unpaired) electrons. The van der Waals surface area contributed by atoms with Crippen LogP contribution in [-0.4, -0.2) is 15.2 Å². The monoisotopic (exact) mass is 393 g/mol. The number of aryl methyl sites for hydroxylation is 1. The third kappa shape index (κ3) is 5.07. The Kier molecular flexibility index (Phi) is 5.46. The summed E-state index contributed by atoms with van der Waals surface area (Å²) in [5, 5.41) is 13.0. The Hall–Kier alpha value is -2.87. The van der Waals surface area contributed by atoms with Gasteiger partial charge in [-0.15, -0.1) is 5.10 Å². The molecule has 0 aliphatic heterocycles. The SMILES string of the molecule is Cc1cccc(CNc2cnnc(Nc3ccc(Cl)c(C(F)(F)F)c3)n2)c1. The van der Waals surface area contributed by atoms with Crippen LogP contribution in [0.2, 0.25) is 5.02 Å². The van der Waals surface area contributed by atoms with Crippen LogP contribution >= 0.6 is 11.6 Å². The molecule has 1 heterocycles.